The predicted molar refractivity (Wildman–Crippen MR) is 20.9 cm³/mol. The molecule has 1 radical (unpaired) electrons. The molecule has 0 heterocycles. The summed E-state index contributed by atoms with van der Waals surface area (Å²) in [7, 11) is -10.3. The summed E-state index contributed by atoms with van der Waals surface area (Å²) in [6.45, 7) is 0. The van der Waals surface area contributed by atoms with Crippen LogP contribution in [0.5, 0.6) is 0 Å². The van der Waals surface area contributed by atoms with Crippen LogP contribution in [0.2, 0.25) is 0 Å². The van der Waals surface area contributed by atoms with Crippen LogP contribution in [-0.4, -0.2) is 35.0 Å². The molecule has 0 N–H and O–H groups in total. The normalized spacial score (nSPS) is 9.67. The number of hydrogen-bond acceptors (Lipinski definition) is 8. The predicted octanol–water partition coefficient (Wildman–Crippen LogP) is -2.68. The molecule has 0 amide bonds. The summed E-state index contributed by atoms with van der Waals surface area (Å²) in [5.74, 6) is 0. The molecule has 0 aliphatic heterocycles. The van der Waals surface area contributed by atoms with E-state index in [0.717, 1.165) is 0 Å². The average Bonchev–Trinajstić information content (AvgIpc) is 1.12. The Balaban J connectivity index is -0.0000000457. The molecule has 0 fully saturated rings. The third-order valence-electron chi connectivity index (χ3n) is 0. The molecule has 0 saturated heterocycles. The van der Waals surface area contributed by atoms with E-state index in [2.05, 4.69) is 0 Å². The third-order valence-corrected chi connectivity index (χ3v) is 0. The first-order valence-corrected chi connectivity index (χ1v) is 4.00. The summed E-state index contributed by atoms with van der Waals surface area (Å²) in [5.41, 5.74) is 0. The molecule has 0 aliphatic rings. The Hall–Kier alpha value is 0.779. The van der Waals surface area contributed by atoms with Crippen LogP contribution in [0.15, 0.2) is 0 Å². The first-order valence-electron chi connectivity index (χ1n) is 1.33. The van der Waals surface area contributed by atoms with Crippen molar-refractivity contribution in [3.63, 3.8) is 0 Å². The van der Waals surface area contributed by atoms with E-state index in [1.807, 2.05) is 0 Å². The van der Waals surface area contributed by atoms with Crippen molar-refractivity contribution in [3.8, 4) is 0 Å². The van der Waals surface area contributed by atoms with Crippen molar-refractivity contribution in [2.24, 2.45) is 0 Å². The Morgan fingerprint density at radius 3 is 0.667 bits per heavy atom. The topological polar surface area (TPSA) is 161 Å². The molecule has 0 saturated carbocycles. The van der Waals surface area contributed by atoms with Crippen molar-refractivity contribution in [1.29, 1.82) is 0 Å². The van der Waals surface area contributed by atoms with E-state index in [-0.39, 0.29) is 34.1 Å². The van der Waals surface area contributed by atoms with E-state index in [9.17, 15) is 0 Å². The Morgan fingerprint density at radius 2 is 0.667 bits per heavy atom. The number of hydrogen-bond donors (Lipinski definition) is 0. The van der Waals surface area contributed by atoms with Crippen molar-refractivity contribution in [2.45, 2.75) is 0 Å². The van der Waals surface area contributed by atoms with Crippen LogP contribution in [0, 0.1) is 0 Å². The molecule has 0 bridgehead atoms. The summed E-state index contributed by atoms with van der Waals surface area (Å²) in [4.78, 5) is 0. The van der Waals surface area contributed by atoms with Gasteiger partial charge in [0.15, 0.2) is 0 Å². The van der Waals surface area contributed by atoms with Gasteiger partial charge in [0.2, 0.25) is 0 Å². The fraction of sp³-hybridized carbons (Fsp3) is 0. The van der Waals surface area contributed by atoms with Gasteiger partial charge in [-0.05, 0) is 0 Å². The van der Waals surface area contributed by atoms with Crippen LogP contribution in [0.4, 0.5) is 0 Å². The minimum atomic E-state index is -5.17. The number of rotatable bonds is 0. The molecule has 0 aromatic heterocycles. The Bertz CT molecular complexity index is 211. The summed E-state index contributed by atoms with van der Waals surface area (Å²) >= 11 is 0. The zero-order valence-electron chi connectivity index (χ0n) is 4.79. The average molecular weight is 304 g/mol. The Morgan fingerprint density at radius 1 is 0.667 bits per heavy atom. The molecule has 0 aliphatic carbocycles. The fourth-order valence-electron chi connectivity index (χ4n) is 0. The monoisotopic (exact) mass is 304 g/mol. The summed E-state index contributed by atoms with van der Waals surface area (Å²) < 4.78 is 68.2. The molecule has 77 valence electrons. The van der Waals surface area contributed by atoms with Crippen molar-refractivity contribution in [2.75, 3.05) is 0 Å². The minimum absolute atomic E-state index is 0. The van der Waals surface area contributed by atoms with Gasteiger partial charge in [-0.1, -0.05) is 0 Å². The zero-order valence-corrected chi connectivity index (χ0v) is 8.63. The molecule has 0 aromatic rings. The Kier molecular flexibility index (Phi) is 16.1. The SMILES string of the molecule is O=S(=O)([O-])[O-].O=S(=O)([O-])[O-].[Fe+3].[Fe]. The molecular formula is Fe2O8S2-. The van der Waals surface area contributed by atoms with Crippen molar-refractivity contribution < 1.29 is 69.2 Å². The van der Waals surface area contributed by atoms with Gasteiger partial charge in [0.1, 0.15) is 0 Å². The van der Waals surface area contributed by atoms with E-state index in [4.69, 9.17) is 35.0 Å². The summed E-state index contributed by atoms with van der Waals surface area (Å²) in [6, 6.07) is 0. The van der Waals surface area contributed by atoms with Gasteiger partial charge < -0.3 is 18.2 Å². The van der Waals surface area contributed by atoms with Crippen LogP contribution in [-0.2, 0) is 54.9 Å². The van der Waals surface area contributed by atoms with Crippen LogP contribution in [0.3, 0.4) is 0 Å². The molecular weight excluding hydrogens is 304 g/mol. The van der Waals surface area contributed by atoms with Crippen molar-refractivity contribution in [1.82, 2.24) is 0 Å². The Labute approximate surface area is 89.8 Å². The second-order valence-electron chi connectivity index (χ2n) is 0.816. The standard InChI is InChI=1S/2Fe.2H2O4S/c;;2*1-5(2,3)4/h;;2*(H2,1,2,3,4)/q;+3;;/p-4. The fourth-order valence-corrected chi connectivity index (χ4v) is 0. The van der Waals surface area contributed by atoms with E-state index in [1.165, 1.54) is 0 Å². The van der Waals surface area contributed by atoms with Gasteiger partial charge >= 0.3 is 17.1 Å². The molecule has 0 atom stereocenters. The van der Waals surface area contributed by atoms with Gasteiger partial charge in [0.05, 0.1) is 0 Å². The van der Waals surface area contributed by atoms with Gasteiger partial charge in [-0.15, -0.1) is 0 Å². The summed E-state index contributed by atoms with van der Waals surface area (Å²) in [6.07, 6.45) is 0. The maximum absolute atomic E-state index is 8.52. The van der Waals surface area contributed by atoms with Gasteiger partial charge in [0, 0.05) is 37.9 Å². The summed E-state index contributed by atoms with van der Waals surface area (Å²) in [5, 5.41) is 0. The molecule has 12 heteroatoms. The molecule has 0 unspecified atom stereocenters. The van der Waals surface area contributed by atoms with E-state index in [1.54, 1.807) is 0 Å². The van der Waals surface area contributed by atoms with Crippen LogP contribution in [0.1, 0.15) is 0 Å². The van der Waals surface area contributed by atoms with Gasteiger partial charge in [-0.25, -0.2) is 0 Å². The molecule has 12 heavy (non-hydrogen) atoms. The minimum Gasteiger partial charge on any atom is -0.759 e. The second kappa shape index (κ2) is 8.38. The van der Waals surface area contributed by atoms with Gasteiger partial charge in [-0.2, -0.15) is 0 Å². The second-order valence-corrected chi connectivity index (χ2v) is 2.45. The maximum Gasteiger partial charge on any atom is 3.00 e. The molecule has 0 aromatic carbocycles. The van der Waals surface area contributed by atoms with E-state index >= 15 is 0 Å². The quantitative estimate of drug-likeness (QED) is 0.265. The smallest absolute Gasteiger partial charge is 0.759 e. The third kappa shape index (κ3) is 1700. The van der Waals surface area contributed by atoms with Crippen molar-refractivity contribution in [3.05, 3.63) is 0 Å². The van der Waals surface area contributed by atoms with Crippen molar-refractivity contribution >= 4 is 20.8 Å². The van der Waals surface area contributed by atoms with Gasteiger partial charge in [0.25, 0.3) is 0 Å². The van der Waals surface area contributed by atoms with E-state index < -0.39 is 20.8 Å². The first kappa shape index (κ1) is 23.0. The zero-order chi connectivity index (χ0) is 9.00. The van der Waals surface area contributed by atoms with Gasteiger partial charge in [-0.3, -0.25) is 16.8 Å². The molecule has 0 rings (SSSR count). The maximum atomic E-state index is 8.52. The largest absolute Gasteiger partial charge is 3.00 e. The molecule has 8 nitrogen and oxygen atoms in total. The van der Waals surface area contributed by atoms with Crippen LogP contribution in [0.25, 0.3) is 0 Å². The van der Waals surface area contributed by atoms with E-state index in [0.29, 0.717) is 0 Å². The first-order chi connectivity index (χ1) is 4.00. The van der Waals surface area contributed by atoms with Crippen LogP contribution < -0.4 is 0 Å². The van der Waals surface area contributed by atoms with Crippen LogP contribution >= 0.6 is 0 Å². The molecule has 0 spiro atoms.